The highest BCUT2D eigenvalue weighted by Crippen LogP contribution is 2.27. The molecule has 0 aliphatic carbocycles. The molecule has 3 aromatic carbocycles. The maximum absolute atomic E-state index is 13.5. The maximum atomic E-state index is 13.5. The van der Waals surface area contributed by atoms with Crippen molar-refractivity contribution in [2.24, 2.45) is 0 Å². The lowest BCUT2D eigenvalue weighted by Crippen LogP contribution is -2.30. The van der Waals surface area contributed by atoms with E-state index in [9.17, 15) is 14.4 Å². The Bertz CT molecular complexity index is 1600. The largest absolute Gasteiger partial charge is 0.331 e. The highest BCUT2D eigenvalue weighted by Gasteiger charge is 2.17. The van der Waals surface area contributed by atoms with Gasteiger partial charge in [-0.2, -0.15) is 5.10 Å². The Labute approximate surface area is 195 Å². The van der Waals surface area contributed by atoms with Gasteiger partial charge >= 0.3 is 0 Å². The fourth-order valence-corrected chi connectivity index (χ4v) is 4.19. The summed E-state index contributed by atoms with van der Waals surface area (Å²) in [7, 11) is 0. The molecule has 1 amide bonds. The van der Waals surface area contributed by atoms with E-state index in [2.05, 4.69) is 10.4 Å². The number of carbonyl (C=O) groups excluding carboxylic acids is 2. The summed E-state index contributed by atoms with van der Waals surface area (Å²) >= 11 is 0. The van der Waals surface area contributed by atoms with Crippen LogP contribution in [0.5, 0.6) is 0 Å². The molecule has 0 spiro atoms. The molecule has 168 valence electrons. The van der Waals surface area contributed by atoms with E-state index < -0.39 is 5.91 Å². The van der Waals surface area contributed by atoms with Crippen molar-refractivity contribution in [2.45, 2.75) is 20.0 Å². The second-order valence-electron chi connectivity index (χ2n) is 8.14. The molecule has 0 atom stereocenters. The van der Waals surface area contributed by atoms with Gasteiger partial charge in [-0.3, -0.25) is 14.4 Å². The number of fused-ring (bicyclic) bond motifs is 3. The van der Waals surface area contributed by atoms with Gasteiger partial charge in [0, 0.05) is 34.1 Å². The van der Waals surface area contributed by atoms with Gasteiger partial charge in [-0.15, -0.1) is 0 Å². The van der Waals surface area contributed by atoms with Crippen LogP contribution in [-0.2, 0) is 17.9 Å². The Kier molecular flexibility index (Phi) is 5.51. The monoisotopic (exact) mass is 450 g/mol. The van der Waals surface area contributed by atoms with Crippen LogP contribution in [0.1, 0.15) is 22.8 Å². The summed E-state index contributed by atoms with van der Waals surface area (Å²) in [5.41, 5.74) is 3.16. The van der Waals surface area contributed by atoms with Crippen LogP contribution < -0.4 is 10.9 Å². The Morgan fingerprint density at radius 2 is 1.68 bits per heavy atom. The number of rotatable bonds is 6. The van der Waals surface area contributed by atoms with Gasteiger partial charge in [-0.25, -0.2) is 4.68 Å². The fraction of sp³-hybridized carbons (Fsp3) is 0.111. The summed E-state index contributed by atoms with van der Waals surface area (Å²) in [5.74, 6) is -0.494. The van der Waals surface area contributed by atoms with Gasteiger partial charge in [0.15, 0.2) is 5.78 Å². The molecule has 34 heavy (non-hydrogen) atoms. The first-order valence-corrected chi connectivity index (χ1v) is 10.9. The standard InChI is InChI=1S/C27H22N4O3/c1-18(32)20-10-7-11-21(14-20)29-25(33)17-31-27(34)26-23(15-28-31)22-12-5-6-13-24(22)30(26)16-19-8-3-2-4-9-19/h2-15H,16-17H2,1H3,(H,29,33). The number of hydrogen-bond acceptors (Lipinski definition) is 4. The molecular formula is C27H22N4O3. The number of para-hydroxylation sites is 1. The van der Waals surface area contributed by atoms with Crippen LogP contribution in [0.15, 0.2) is 89.9 Å². The van der Waals surface area contributed by atoms with E-state index in [1.807, 2.05) is 59.2 Å². The van der Waals surface area contributed by atoms with Gasteiger partial charge in [-0.1, -0.05) is 60.7 Å². The third-order valence-corrected chi connectivity index (χ3v) is 5.80. The second-order valence-corrected chi connectivity index (χ2v) is 8.14. The van der Waals surface area contributed by atoms with Crippen LogP contribution in [0.25, 0.3) is 21.8 Å². The van der Waals surface area contributed by atoms with E-state index in [1.54, 1.807) is 30.5 Å². The quantitative estimate of drug-likeness (QED) is 0.392. The minimum atomic E-state index is -0.402. The lowest BCUT2D eigenvalue weighted by molar-refractivity contribution is -0.117. The highest BCUT2D eigenvalue weighted by molar-refractivity contribution is 6.07. The Balaban J connectivity index is 1.52. The number of nitrogens with one attached hydrogen (secondary N) is 1. The maximum Gasteiger partial charge on any atom is 0.291 e. The normalized spacial score (nSPS) is 11.1. The predicted molar refractivity (Wildman–Crippen MR) is 132 cm³/mol. The molecule has 0 saturated heterocycles. The van der Waals surface area contributed by atoms with Crippen molar-refractivity contribution in [2.75, 3.05) is 5.32 Å². The molecule has 0 unspecified atom stereocenters. The number of hydrogen-bond donors (Lipinski definition) is 1. The molecule has 5 rings (SSSR count). The number of benzene rings is 3. The second kappa shape index (κ2) is 8.78. The van der Waals surface area contributed by atoms with E-state index >= 15 is 0 Å². The molecular weight excluding hydrogens is 428 g/mol. The minimum Gasteiger partial charge on any atom is -0.331 e. The van der Waals surface area contributed by atoms with Gasteiger partial charge in [0.2, 0.25) is 5.91 Å². The molecule has 0 radical (unpaired) electrons. The molecule has 2 heterocycles. The van der Waals surface area contributed by atoms with Crippen molar-refractivity contribution >= 4 is 39.2 Å². The third-order valence-electron chi connectivity index (χ3n) is 5.80. The zero-order valence-corrected chi connectivity index (χ0v) is 18.6. The zero-order valence-electron chi connectivity index (χ0n) is 18.6. The lowest BCUT2D eigenvalue weighted by atomic mass is 10.1. The molecule has 7 heteroatoms. The van der Waals surface area contributed by atoms with Crippen LogP contribution in [-0.4, -0.2) is 26.0 Å². The molecule has 2 aromatic heterocycles. The molecule has 1 N–H and O–H groups in total. The van der Waals surface area contributed by atoms with E-state index in [0.29, 0.717) is 23.3 Å². The first-order valence-electron chi connectivity index (χ1n) is 10.9. The Morgan fingerprint density at radius 3 is 2.47 bits per heavy atom. The molecule has 5 aromatic rings. The van der Waals surface area contributed by atoms with Gasteiger partial charge < -0.3 is 9.88 Å². The Hall–Kier alpha value is -4.52. The summed E-state index contributed by atoms with van der Waals surface area (Å²) in [4.78, 5) is 37.8. The van der Waals surface area contributed by atoms with Crippen LogP contribution >= 0.6 is 0 Å². The van der Waals surface area contributed by atoms with Crippen molar-refractivity contribution < 1.29 is 9.59 Å². The van der Waals surface area contributed by atoms with E-state index in [0.717, 1.165) is 21.9 Å². The average molecular weight is 450 g/mol. The Morgan fingerprint density at radius 1 is 0.912 bits per heavy atom. The number of Topliss-reactive ketones (excluding diaryl/α,β-unsaturated/α-hetero) is 1. The fourth-order valence-electron chi connectivity index (χ4n) is 4.19. The first-order chi connectivity index (χ1) is 16.5. The van der Waals surface area contributed by atoms with Gasteiger partial charge in [0.05, 0.1) is 6.20 Å². The molecule has 0 fully saturated rings. The predicted octanol–water partition coefficient (Wildman–Crippen LogP) is 4.24. The van der Waals surface area contributed by atoms with E-state index in [4.69, 9.17) is 0 Å². The van der Waals surface area contributed by atoms with Crippen LogP contribution in [0.2, 0.25) is 0 Å². The number of carbonyl (C=O) groups is 2. The summed E-state index contributed by atoms with van der Waals surface area (Å²) in [5, 5.41) is 8.72. The van der Waals surface area contributed by atoms with Crippen LogP contribution in [0.3, 0.4) is 0 Å². The zero-order chi connectivity index (χ0) is 23.7. The van der Waals surface area contributed by atoms with E-state index in [1.165, 1.54) is 11.6 Å². The summed E-state index contributed by atoms with van der Waals surface area (Å²) in [6, 6.07) is 24.4. The first kappa shape index (κ1) is 21.3. The van der Waals surface area contributed by atoms with Crippen molar-refractivity contribution in [1.82, 2.24) is 14.3 Å². The molecule has 7 nitrogen and oxygen atoms in total. The topological polar surface area (TPSA) is 86.0 Å². The number of nitrogens with zero attached hydrogens (tertiary/aromatic N) is 3. The lowest BCUT2D eigenvalue weighted by Gasteiger charge is -2.10. The highest BCUT2D eigenvalue weighted by atomic mass is 16.2. The minimum absolute atomic E-state index is 0.0920. The summed E-state index contributed by atoms with van der Waals surface area (Å²) in [6.07, 6.45) is 1.64. The van der Waals surface area contributed by atoms with Gasteiger partial charge in [0.25, 0.3) is 5.56 Å². The van der Waals surface area contributed by atoms with Gasteiger partial charge in [0.1, 0.15) is 12.1 Å². The molecule has 0 saturated carbocycles. The molecule has 0 bridgehead atoms. The van der Waals surface area contributed by atoms with Crippen molar-refractivity contribution in [3.63, 3.8) is 0 Å². The van der Waals surface area contributed by atoms with Crippen molar-refractivity contribution in [3.8, 4) is 0 Å². The number of anilines is 1. The summed E-state index contributed by atoms with van der Waals surface area (Å²) < 4.78 is 3.15. The molecule has 0 aliphatic rings. The van der Waals surface area contributed by atoms with Crippen molar-refractivity contribution in [1.29, 1.82) is 0 Å². The van der Waals surface area contributed by atoms with Crippen LogP contribution in [0, 0.1) is 0 Å². The average Bonchev–Trinajstić information content (AvgIpc) is 3.16. The number of aromatic nitrogens is 3. The summed E-state index contributed by atoms with van der Waals surface area (Å²) in [6.45, 7) is 1.74. The third kappa shape index (κ3) is 3.99. The SMILES string of the molecule is CC(=O)c1cccc(NC(=O)Cn2ncc3c4ccccc4n(Cc4ccccc4)c3c2=O)c1. The van der Waals surface area contributed by atoms with E-state index in [-0.39, 0.29) is 17.9 Å². The number of amides is 1. The smallest absolute Gasteiger partial charge is 0.291 e. The number of ketones is 1. The van der Waals surface area contributed by atoms with Gasteiger partial charge in [-0.05, 0) is 30.7 Å². The van der Waals surface area contributed by atoms with Crippen molar-refractivity contribution in [3.05, 3.63) is 107 Å². The van der Waals surface area contributed by atoms with Crippen LogP contribution in [0.4, 0.5) is 5.69 Å². The molecule has 0 aliphatic heterocycles.